The number of nitrogens with zero attached hydrogens (tertiary/aromatic N) is 1. The van der Waals surface area contributed by atoms with Crippen LogP contribution >= 0.6 is 0 Å². The second kappa shape index (κ2) is 7.88. The van der Waals surface area contributed by atoms with E-state index in [1.165, 1.54) is 40.7 Å². The molecule has 1 heteroatoms. The van der Waals surface area contributed by atoms with E-state index in [2.05, 4.69) is 90.7 Å². The predicted octanol–water partition coefficient (Wildman–Crippen LogP) is 6.08. The Morgan fingerprint density at radius 3 is 2.31 bits per heavy atom. The minimum atomic E-state index is 0.638. The SMILES string of the molecule is CCCC1Cc2cccc(-c3ccccc3)c2CN1Cc1ccccc1. The molecule has 0 bridgehead atoms. The third-order valence-corrected chi connectivity index (χ3v) is 5.54. The lowest BCUT2D eigenvalue weighted by atomic mass is 9.86. The van der Waals surface area contributed by atoms with Gasteiger partial charge in [0, 0.05) is 19.1 Å². The van der Waals surface area contributed by atoms with Gasteiger partial charge in [-0.05, 0) is 40.7 Å². The zero-order chi connectivity index (χ0) is 17.8. The van der Waals surface area contributed by atoms with Crippen LogP contribution in [-0.4, -0.2) is 10.9 Å². The summed E-state index contributed by atoms with van der Waals surface area (Å²) in [6, 6.07) is 29.2. The van der Waals surface area contributed by atoms with Crippen LogP contribution in [0.1, 0.15) is 36.5 Å². The average molecular weight is 341 g/mol. The number of fused-ring (bicyclic) bond motifs is 1. The molecule has 1 nitrogen and oxygen atoms in total. The highest BCUT2D eigenvalue weighted by atomic mass is 15.2. The molecule has 1 aliphatic heterocycles. The van der Waals surface area contributed by atoms with Crippen LogP contribution in [0.4, 0.5) is 0 Å². The molecule has 26 heavy (non-hydrogen) atoms. The zero-order valence-corrected chi connectivity index (χ0v) is 15.6. The van der Waals surface area contributed by atoms with E-state index in [9.17, 15) is 0 Å². The average Bonchev–Trinajstić information content (AvgIpc) is 2.70. The molecule has 3 aromatic carbocycles. The number of rotatable bonds is 5. The number of benzene rings is 3. The summed E-state index contributed by atoms with van der Waals surface area (Å²) in [4.78, 5) is 2.69. The summed E-state index contributed by atoms with van der Waals surface area (Å²) in [6.45, 7) is 4.38. The first kappa shape index (κ1) is 17.1. The highest BCUT2D eigenvalue weighted by molar-refractivity contribution is 5.69. The molecule has 0 fully saturated rings. The van der Waals surface area contributed by atoms with Gasteiger partial charge in [-0.1, -0.05) is 92.2 Å². The number of hydrogen-bond donors (Lipinski definition) is 0. The maximum Gasteiger partial charge on any atom is 0.0249 e. The van der Waals surface area contributed by atoms with Gasteiger partial charge in [0.05, 0.1) is 0 Å². The van der Waals surface area contributed by atoms with E-state index >= 15 is 0 Å². The van der Waals surface area contributed by atoms with Crippen molar-refractivity contribution in [2.45, 2.75) is 45.3 Å². The monoisotopic (exact) mass is 341 g/mol. The molecule has 0 aliphatic carbocycles. The van der Waals surface area contributed by atoms with Crippen LogP contribution in [0.3, 0.4) is 0 Å². The molecule has 1 heterocycles. The Bertz CT molecular complexity index is 839. The summed E-state index contributed by atoms with van der Waals surface area (Å²) in [7, 11) is 0. The molecule has 132 valence electrons. The Labute approximate surface area is 157 Å². The molecule has 3 aromatic rings. The second-order valence-corrected chi connectivity index (χ2v) is 7.35. The summed E-state index contributed by atoms with van der Waals surface area (Å²) in [6.07, 6.45) is 3.67. The summed E-state index contributed by atoms with van der Waals surface area (Å²) < 4.78 is 0. The highest BCUT2D eigenvalue weighted by Crippen LogP contribution is 2.34. The summed E-state index contributed by atoms with van der Waals surface area (Å²) in [5.41, 5.74) is 7.19. The van der Waals surface area contributed by atoms with E-state index in [0.29, 0.717) is 6.04 Å². The van der Waals surface area contributed by atoms with Crippen LogP contribution < -0.4 is 0 Å². The van der Waals surface area contributed by atoms with Crippen molar-refractivity contribution >= 4 is 0 Å². The van der Waals surface area contributed by atoms with Crippen molar-refractivity contribution in [3.63, 3.8) is 0 Å². The lowest BCUT2D eigenvalue weighted by molar-refractivity contribution is 0.153. The number of hydrogen-bond acceptors (Lipinski definition) is 1. The fraction of sp³-hybridized carbons (Fsp3) is 0.280. The van der Waals surface area contributed by atoms with Gasteiger partial charge in [-0.15, -0.1) is 0 Å². The highest BCUT2D eigenvalue weighted by Gasteiger charge is 2.27. The molecule has 1 aliphatic rings. The first-order chi connectivity index (χ1) is 12.8. The maximum absolute atomic E-state index is 2.69. The molecule has 0 N–H and O–H groups in total. The molecule has 0 aromatic heterocycles. The molecule has 0 saturated carbocycles. The van der Waals surface area contributed by atoms with Gasteiger partial charge in [0.2, 0.25) is 0 Å². The molecule has 1 atom stereocenters. The van der Waals surface area contributed by atoms with Crippen molar-refractivity contribution in [3.8, 4) is 11.1 Å². The minimum Gasteiger partial charge on any atom is -0.292 e. The van der Waals surface area contributed by atoms with Crippen molar-refractivity contribution in [3.05, 3.63) is 95.6 Å². The van der Waals surface area contributed by atoms with Gasteiger partial charge in [0.1, 0.15) is 0 Å². The zero-order valence-electron chi connectivity index (χ0n) is 15.6. The minimum absolute atomic E-state index is 0.638. The predicted molar refractivity (Wildman–Crippen MR) is 110 cm³/mol. The van der Waals surface area contributed by atoms with Crippen LogP contribution in [0.25, 0.3) is 11.1 Å². The fourth-order valence-electron chi connectivity index (χ4n) is 4.24. The van der Waals surface area contributed by atoms with Gasteiger partial charge in [0.25, 0.3) is 0 Å². The molecular weight excluding hydrogens is 314 g/mol. The Morgan fingerprint density at radius 2 is 1.58 bits per heavy atom. The van der Waals surface area contributed by atoms with Crippen molar-refractivity contribution < 1.29 is 0 Å². The second-order valence-electron chi connectivity index (χ2n) is 7.35. The first-order valence-electron chi connectivity index (χ1n) is 9.79. The van der Waals surface area contributed by atoms with Crippen molar-refractivity contribution in [2.75, 3.05) is 0 Å². The van der Waals surface area contributed by atoms with E-state index in [4.69, 9.17) is 0 Å². The van der Waals surface area contributed by atoms with Crippen molar-refractivity contribution in [2.24, 2.45) is 0 Å². The van der Waals surface area contributed by atoms with Gasteiger partial charge in [-0.2, -0.15) is 0 Å². The third-order valence-electron chi connectivity index (χ3n) is 5.54. The normalized spacial score (nSPS) is 17.0. The van der Waals surface area contributed by atoms with Gasteiger partial charge in [0.15, 0.2) is 0 Å². The van der Waals surface area contributed by atoms with E-state index in [0.717, 1.165) is 19.5 Å². The van der Waals surface area contributed by atoms with Crippen LogP contribution in [0.15, 0.2) is 78.9 Å². The van der Waals surface area contributed by atoms with Gasteiger partial charge >= 0.3 is 0 Å². The van der Waals surface area contributed by atoms with E-state index in [1.54, 1.807) is 0 Å². The Morgan fingerprint density at radius 1 is 0.846 bits per heavy atom. The van der Waals surface area contributed by atoms with Gasteiger partial charge in [-0.25, -0.2) is 0 Å². The largest absolute Gasteiger partial charge is 0.292 e. The lowest BCUT2D eigenvalue weighted by Crippen LogP contribution is -2.40. The standard InChI is InChI=1S/C25H27N/c1-2-10-23-17-22-15-9-16-24(21-13-7-4-8-14-21)25(22)19-26(23)18-20-11-5-3-6-12-20/h3-9,11-16,23H,2,10,17-19H2,1H3. The lowest BCUT2D eigenvalue weighted by Gasteiger charge is -2.38. The Kier molecular flexibility index (Phi) is 5.17. The molecule has 0 radical (unpaired) electrons. The Balaban J connectivity index is 1.69. The third kappa shape index (κ3) is 3.59. The van der Waals surface area contributed by atoms with Gasteiger partial charge in [-0.3, -0.25) is 4.90 Å². The maximum atomic E-state index is 2.69. The van der Waals surface area contributed by atoms with Crippen molar-refractivity contribution in [1.82, 2.24) is 4.90 Å². The van der Waals surface area contributed by atoms with Crippen LogP contribution in [-0.2, 0) is 19.5 Å². The quantitative estimate of drug-likeness (QED) is 0.543. The van der Waals surface area contributed by atoms with Crippen LogP contribution in [0.5, 0.6) is 0 Å². The van der Waals surface area contributed by atoms with Crippen molar-refractivity contribution in [1.29, 1.82) is 0 Å². The van der Waals surface area contributed by atoms with E-state index < -0.39 is 0 Å². The van der Waals surface area contributed by atoms with Crippen LogP contribution in [0, 0.1) is 0 Å². The first-order valence-corrected chi connectivity index (χ1v) is 9.79. The summed E-state index contributed by atoms with van der Waals surface area (Å²) in [5.74, 6) is 0. The molecule has 0 spiro atoms. The molecular formula is C25H27N. The summed E-state index contributed by atoms with van der Waals surface area (Å²) >= 11 is 0. The topological polar surface area (TPSA) is 3.24 Å². The molecule has 4 rings (SSSR count). The molecule has 0 amide bonds. The van der Waals surface area contributed by atoms with Gasteiger partial charge < -0.3 is 0 Å². The Hall–Kier alpha value is -2.38. The van der Waals surface area contributed by atoms with Crippen LogP contribution in [0.2, 0.25) is 0 Å². The summed E-state index contributed by atoms with van der Waals surface area (Å²) in [5, 5.41) is 0. The smallest absolute Gasteiger partial charge is 0.0249 e. The fourth-order valence-corrected chi connectivity index (χ4v) is 4.24. The van der Waals surface area contributed by atoms with E-state index in [1.807, 2.05) is 0 Å². The molecule has 1 unspecified atom stereocenters. The van der Waals surface area contributed by atoms with E-state index in [-0.39, 0.29) is 0 Å². The molecule has 0 saturated heterocycles.